The van der Waals surface area contributed by atoms with Gasteiger partial charge in [0.2, 0.25) is 0 Å². The molecule has 0 aliphatic carbocycles. The number of hydrogen-bond donors (Lipinski definition) is 5. The number of carbonyl (C=O) groups excluding carboxylic acids is 3. The molecule has 4 aliphatic heterocycles. The molecule has 15 nitrogen and oxygen atoms in total. The van der Waals surface area contributed by atoms with E-state index in [9.17, 15) is 34.8 Å². The number of aliphatic hydroxyl groups is 2. The Morgan fingerprint density at radius 1 is 0.952 bits per heavy atom. The summed E-state index contributed by atoms with van der Waals surface area (Å²) < 4.78 is 24.0. The van der Waals surface area contributed by atoms with E-state index in [0.29, 0.717) is 25.9 Å². The average molecular weight is 875 g/mol. The van der Waals surface area contributed by atoms with Crippen molar-refractivity contribution in [2.45, 2.75) is 131 Å². The Morgan fingerprint density at radius 3 is 2.22 bits per heavy atom. The number of phenolic OH excluding ortho intramolecular Hbond substituents is 2. The molecule has 1 spiro atoms. The lowest BCUT2D eigenvalue weighted by atomic mass is 9.78. The summed E-state index contributed by atoms with van der Waals surface area (Å²) in [5.41, 5.74) is -0.419. The van der Waals surface area contributed by atoms with Gasteiger partial charge < -0.3 is 49.6 Å². The lowest BCUT2D eigenvalue weighted by molar-refractivity contribution is -0.160. The first kappa shape index (κ1) is 47.6. The first-order chi connectivity index (χ1) is 29.4. The lowest BCUT2D eigenvalue weighted by Crippen LogP contribution is -2.46. The number of ether oxygens (including phenoxy) is 4. The van der Waals surface area contributed by atoms with Crippen LogP contribution in [0.25, 0.3) is 10.8 Å². The number of ketones is 1. The quantitative estimate of drug-likeness (QED) is 0.190. The minimum absolute atomic E-state index is 0.0368. The molecule has 2 aromatic carbocycles. The summed E-state index contributed by atoms with van der Waals surface area (Å²) >= 11 is 0. The molecule has 63 heavy (non-hydrogen) atoms. The summed E-state index contributed by atoms with van der Waals surface area (Å²) in [4.78, 5) is 53.9. The van der Waals surface area contributed by atoms with Crippen LogP contribution in [-0.4, -0.2) is 106 Å². The molecule has 4 aliphatic rings. The van der Waals surface area contributed by atoms with E-state index in [4.69, 9.17) is 28.9 Å². The molecule has 2 aromatic rings. The molecule has 1 saturated heterocycles. The van der Waals surface area contributed by atoms with Crippen molar-refractivity contribution in [1.29, 1.82) is 0 Å². The van der Waals surface area contributed by atoms with Gasteiger partial charge in [-0.05, 0) is 38.3 Å². The molecule has 0 aromatic heterocycles. The van der Waals surface area contributed by atoms with Crippen LogP contribution >= 0.6 is 0 Å². The molecule has 4 bridgehead atoms. The van der Waals surface area contributed by atoms with Crippen LogP contribution in [0.4, 0.5) is 5.69 Å². The number of Topliss-reactive ketones (excluding diaryl/α,β-unsaturated/α-hetero) is 1. The second-order valence-corrected chi connectivity index (χ2v) is 19.4. The van der Waals surface area contributed by atoms with Crippen LogP contribution in [0.15, 0.2) is 46.1 Å². The topological polar surface area (TPSA) is 209 Å². The number of aliphatic hydroxyl groups excluding tert-OH is 2. The van der Waals surface area contributed by atoms with Crippen molar-refractivity contribution in [3.63, 3.8) is 0 Å². The van der Waals surface area contributed by atoms with Gasteiger partial charge in [0.25, 0.3) is 11.7 Å². The summed E-state index contributed by atoms with van der Waals surface area (Å²) in [6, 6.07) is 0. The molecular formula is C48H66N4O11. The van der Waals surface area contributed by atoms with Gasteiger partial charge in [0, 0.05) is 87.1 Å². The fourth-order valence-corrected chi connectivity index (χ4v) is 9.22. The van der Waals surface area contributed by atoms with E-state index in [2.05, 4.69) is 31.0 Å². The van der Waals surface area contributed by atoms with Gasteiger partial charge in [-0.25, -0.2) is 0 Å². The zero-order chi connectivity index (χ0) is 46.5. The molecule has 4 heterocycles. The highest BCUT2D eigenvalue weighted by atomic mass is 16.7. The van der Waals surface area contributed by atoms with Crippen molar-refractivity contribution in [3.05, 3.63) is 58.0 Å². The van der Waals surface area contributed by atoms with E-state index in [-0.39, 0.29) is 60.8 Å². The Labute approximate surface area is 369 Å². The van der Waals surface area contributed by atoms with Gasteiger partial charge in [-0.3, -0.25) is 24.4 Å². The highest BCUT2D eigenvalue weighted by Crippen LogP contribution is 2.50. The van der Waals surface area contributed by atoms with E-state index in [0.717, 1.165) is 13.0 Å². The monoisotopic (exact) mass is 874 g/mol. The standard InChI is InChI=1S/C48H66N4O11/c1-24-14-13-15-25(2)45(59)49-37-36-35(50-48(51-36)18-21-52(22-19-48)20-17-46(8,9)10)32-33(41(37)57)40(56)29(6)43-34(32)44(58)47(11,63-43)61-23-16-31(60-12)26(3)42(62-30(7)53)28(5)39(55)27(4)38(24)54/h13-16,23-24,26-28,31,38-39,42,54-57H,17-22H2,1-12H3,(H,49,59)/b14-13+,23-16+,25-15-/t24-,26+,27+,28+,31-,38-,39+,42+,47-/m0/s1. The number of carbonyl (C=O) groups is 3. The van der Waals surface area contributed by atoms with Crippen LogP contribution in [0.2, 0.25) is 0 Å². The number of likely N-dealkylation sites (tertiary alicyclic amines) is 1. The van der Waals surface area contributed by atoms with E-state index in [1.54, 1.807) is 65.8 Å². The van der Waals surface area contributed by atoms with Crippen LogP contribution < -0.4 is 20.8 Å². The number of fused-ring (bicyclic) bond motifs is 1. The van der Waals surface area contributed by atoms with Gasteiger partial charge in [0.1, 0.15) is 28.6 Å². The van der Waals surface area contributed by atoms with Gasteiger partial charge in [-0.1, -0.05) is 66.7 Å². The predicted octanol–water partition coefficient (Wildman–Crippen LogP) is 5.53. The van der Waals surface area contributed by atoms with Crippen LogP contribution in [0.5, 0.6) is 17.2 Å². The van der Waals surface area contributed by atoms with Gasteiger partial charge in [-0.2, -0.15) is 0 Å². The fourth-order valence-electron chi connectivity index (χ4n) is 9.22. The summed E-state index contributed by atoms with van der Waals surface area (Å²) in [7, 11) is 1.47. The molecular weight excluding hydrogens is 809 g/mol. The van der Waals surface area contributed by atoms with Crippen molar-refractivity contribution in [2.24, 2.45) is 39.1 Å². The largest absolute Gasteiger partial charge is 0.507 e. The number of rotatable bonds is 4. The second kappa shape index (κ2) is 18.0. The molecule has 6 rings (SSSR count). The predicted molar refractivity (Wildman–Crippen MR) is 237 cm³/mol. The van der Waals surface area contributed by atoms with Gasteiger partial charge >= 0.3 is 11.8 Å². The van der Waals surface area contributed by atoms with E-state index >= 15 is 0 Å². The average Bonchev–Trinajstić information content (AvgIpc) is 3.72. The lowest BCUT2D eigenvalue weighted by Gasteiger charge is -2.38. The summed E-state index contributed by atoms with van der Waals surface area (Å²) in [6.07, 6.45) is 6.04. The van der Waals surface area contributed by atoms with Crippen molar-refractivity contribution in [2.75, 3.05) is 32.1 Å². The Hall–Kier alpha value is -4.83. The molecule has 0 saturated carbocycles. The van der Waals surface area contributed by atoms with Crippen molar-refractivity contribution in [1.82, 2.24) is 4.90 Å². The third kappa shape index (κ3) is 9.25. The highest BCUT2D eigenvalue weighted by Gasteiger charge is 2.50. The fraction of sp³-hybridized carbons (Fsp3) is 0.604. The Bertz CT molecular complexity index is 2360. The van der Waals surface area contributed by atoms with Gasteiger partial charge in [0.05, 0.1) is 40.9 Å². The number of esters is 1. The number of nitrogens with zero attached hydrogens (tertiary/aromatic N) is 3. The van der Waals surface area contributed by atoms with E-state index < -0.39 is 82.9 Å². The minimum atomic E-state index is -1.96. The Kier molecular flexibility index (Phi) is 13.6. The number of piperidine rings is 1. The number of methoxy groups -OCH3 is 1. The Balaban J connectivity index is 1.52. The Morgan fingerprint density at radius 2 is 1.60 bits per heavy atom. The third-order valence-electron chi connectivity index (χ3n) is 13.4. The molecule has 0 unspecified atom stereocenters. The maximum absolute atomic E-state index is 14.8. The first-order valence-corrected chi connectivity index (χ1v) is 22.0. The molecule has 0 radical (unpaired) electrons. The van der Waals surface area contributed by atoms with Crippen LogP contribution in [-0.2, 0) is 23.8 Å². The number of anilines is 1. The number of amides is 1. The second-order valence-electron chi connectivity index (χ2n) is 19.4. The first-order valence-electron chi connectivity index (χ1n) is 22.0. The zero-order valence-electron chi connectivity index (χ0n) is 38.7. The normalized spacial score (nSPS) is 32.2. The maximum atomic E-state index is 14.8. The van der Waals surface area contributed by atoms with Crippen LogP contribution in [0.1, 0.15) is 104 Å². The van der Waals surface area contributed by atoms with Crippen molar-refractivity contribution >= 4 is 34.1 Å². The van der Waals surface area contributed by atoms with Crippen molar-refractivity contribution in [3.8, 4) is 17.2 Å². The number of nitrogens with one attached hydrogen (secondary N) is 1. The summed E-state index contributed by atoms with van der Waals surface area (Å²) in [5, 5.41) is 50.3. The molecule has 1 amide bonds. The van der Waals surface area contributed by atoms with E-state index in [1.165, 1.54) is 27.2 Å². The number of phenols is 2. The molecule has 1 fully saturated rings. The van der Waals surface area contributed by atoms with Crippen LogP contribution in [0.3, 0.4) is 0 Å². The van der Waals surface area contributed by atoms with E-state index in [1.807, 2.05) is 0 Å². The highest BCUT2D eigenvalue weighted by molar-refractivity contribution is 6.19. The smallest absolute Gasteiger partial charge is 0.312 e. The van der Waals surface area contributed by atoms with Gasteiger partial charge in [0.15, 0.2) is 11.4 Å². The zero-order valence-corrected chi connectivity index (χ0v) is 38.7. The summed E-state index contributed by atoms with van der Waals surface area (Å²) in [5.74, 6) is -6.91. The molecule has 15 heteroatoms. The van der Waals surface area contributed by atoms with Crippen LogP contribution in [0, 0.1) is 36.0 Å². The van der Waals surface area contributed by atoms with Gasteiger partial charge in [-0.15, -0.1) is 0 Å². The molecule has 344 valence electrons. The SMILES string of the molecule is CO[C@H]1/C=C/O[C@@]2(C)Oc3c(C)c(O)c4c(O)c(c5c(c4c3C2=O)=NC2(CCN(CCC(C)(C)C)CC2)N=5)NC(=O)/C(C)=C\C=C\[C@H](C)[C@H](O)[C@@H](C)[C@@H](O)[C@@H](C)[C@H](OC(C)=O)[C@@H]1C. The number of allylic oxidation sites excluding steroid dienone is 2. The summed E-state index contributed by atoms with van der Waals surface area (Å²) in [6.45, 7) is 21.8. The number of benzene rings is 2. The maximum Gasteiger partial charge on any atom is 0.312 e. The number of hydrogen-bond acceptors (Lipinski definition) is 14. The minimum Gasteiger partial charge on any atom is -0.507 e. The van der Waals surface area contributed by atoms with Crippen molar-refractivity contribution < 1.29 is 53.8 Å². The molecule has 5 N–H and O–H groups in total. The molecule has 9 atom stereocenters. The third-order valence-corrected chi connectivity index (χ3v) is 13.4. The number of aromatic hydroxyl groups is 2.